The number of nitrogens with zero attached hydrogens (tertiary/aromatic N) is 1. The third-order valence-electron chi connectivity index (χ3n) is 2.28. The van der Waals surface area contributed by atoms with E-state index >= 15 is 0 Å². The topological polar surface area (TPSA) is 50.9 Å². The first kappa shape index (κ1) is 12.2. The number of hydrogen-bond donors (Lipinski definition) is 2. The maximum absolute atomic E-state index is 6.08. The molecule has 3 nitrogen and oxygen atoms in total. The van der Waals surface area contributed by atoms with Crippen molar-refractivity contribution in [2.45, 2.75) is 6.92 Å². The van der Waals surface area contributed by atoms with Crippen LogP contribution in [0.25, 0.3) is 0 Å². The van der Waals surface area contributed by atoms with Gasteiger partial charge in [-0.05, 0) is 52.7 Å². The van der Waals surface area contributed by atoms with Crippen LogP contribution in [0.4, 0.5) is 17.3 Å². The molecule has 0 aliphatic carbocycles. The van der Waals surface area contributed by atoms with Gasteiger partial charge in [-0.1, -0.05) is 17.7 Å². The standard InChI is InChI=1S/C12H11BrClN3/c1-7-5-8(13)10(6-9(7)14)16-12-4-2-3-11(15)17-12/h2-6H,1H3,(H3,15,16,17). The van der Waals surface area contributed by atoms with Gasteiger partial charge in [0.15, 0.2) is 0 Å². The summed E-state index contributed by atoms with van der Waals surface area (Å²) in [5.41, 5.74) is 7.49. The molecule has 1 aromatic heterocycles. The van der Waals surface area contributed by atoms with Gasteiger partial charge in [-0.25, -0.2) is 4.98 Å². The Balaban J connectivity index is 2.33. The summed E-state index contributed by atoms with van der Waals surface area (Å²) in [7, 11) is 0. The molecule has 0 saturated carbocycles. The molecule has 0 unspecified atom stereocenters. The molecule has 0 amide bonds. The second-order valence-corrected chi connectivity index (χ2v) is 4.92. The zero-order chi connectivity index (χ0) is 12.4. The van der Waals surface area contributed by atoms with Crippen LogP contribution < -0.4 is 11.1 Å². The van der Waals surface area contributed by atoms with Gasteiger partial charge in [0.25, 0.3) is 0 Å². The molecule has 1 aromatic carbocycles. The highest BCUT2D eigenvalue weighted by Crippen LogP contribution is 2.30. The number of nitrogen functional groups attached to an aromatic ring is 1. The van der Waals surface area contributed by atoms with Crippen molar-refractivity contribution in [3.05, 3.63) is 45.4 Å². The Morgan fingerprint density at radius 3 is 2.82 bits per heavy atom. The van der Waals surface area contributed by atoms with E-state index in [1.165, 1.54) is 0 Å². The molecule has 2 aromatic rings. The molecule has 17 heavy (non-hydrogen) atoms. The van der Waals surface area contributed by atoms with E-state index in [2.05, 4.69) is 26.2 Å². The average molecular weight is 313 g/mol. The van der Waals surface area contributed by atoms with Crippen LogP contribution in [-0.2, 0) is 0 Å². The fraction of sp³-hybridized carbons (Fsp3) is 0.0833. The van der Waals surface area contributed by atoms with Crippen LogP contribution >= 0.6 is 27.5 Å². The maximum atomic E-state index is 6.08. The molecule has 0 aliphatic heterocycles. The Bertz CT molecular complexity index is 557. The lowest BCUT2D eigenvalue weighted by atomic mass is 10.2. The van der Waals surface area contributed by atoms with E-state index in [1.807, 2.05) is 31.2 Å². The predicted octanol–water partition coefficient (Wildman–Crippen LogP) is 4.13. The van der Waals surface area contributed by atoms with Crippen molar-refractivity contribution in [3.8, 4) is 0 Å². The molecule has 0 aliphatic rings. The Morgan fingerprint density at radius 1 is 1.35 bits per heavy atom. The van der Waals surface area contributed by atoms with E-state index in [9.17, 15) is 0 Å². The molecule has 0 atom stereocenters. The normalized spacial score (nSPS) is 10.3. The van der Waals surface area contributed by atoms with E-state index in [0.29, 0.717) is 16.7 Å². The van der Waals surface area contributed by atoms with Gasteiger partial charge in [-0.2, -0.15) is 0 Å². The molecule has 0 fully saturated rings. The Labute approximate surface area is 113 Å². The van der Waals surface area contributed by atoms with Crippen molar-refractivity contribution in [2.75, 3.05) is 11.1 Å². The third kappa shape index (κ3) is 2.90. The molecular weight excluding hydrogens is 302 g/mol. The average Bonchev–Trinajstić information content (AvgIpc) is 2.26. The monoisotopic (exact) mass is 311 g/mol. The molecular formula is C12H11BrClN3. The summed E-state index contributed by atoms with van der Waals surface area (Å²) < 4.78 is 0.934. The molecule has 3 N–H and O–H groups in total. The van der Waals surface area contributed by atoms with Crippen LogP contribution in [-0.4, -0.2) is 4.98 Å². The van der Waals surface area contributed by atoms with E-state index < -0.39 is 0 Å². The van der Waals surface area contributed by atoms with Crippen LogP contribution in [0.2, 0.25) is 5.02 Å². The largest absolute Gasteiger partial charge is 0.384 e. The number of aromatic nitrogens is 1. The number of hydrogen-bond acceptors (Lipinski definition) is 3. The molecule has 0 radical (unpaired) electrons. The first-order valence-corrected chi connectivity index (χ1v) is 6.18. The predicted molar refractivity (Wildman–Crippen MR) is 75.8 cm³/mol. The summed E-state index contributed by atoms with van der Waals surface area (Å²) >= 11 is 9.55. The Morgan fingerprint density at radius 2 is 2.12 bits per heavy atom. The van der Waals surface area contributed by atoms with Crippen LogP contribution in [0.1, 0.15) is 5.56 Å². The van der Waals surface area contributed by atoms with Crippen molar-refractivity contribution < 1.29 is 0 Å². The molecule has 0 bridgehead atoms. The van der Waals surface area contributed by atoms with Crippen molar-refractivity contribution in [2.24, 2.45) is 0 Å². The first-order valence-electron chi connectivity index (χ1n) is 5.01. The van der Waals surface area contributed by atoms with Gasteiger partial charge in [0.2, 0.25) is 0 Å². The van der Waals surface area contributed by atoms with Crippen LogP contribution in [0.3, 0.4) is 0 Å². The maximum Gasteiger partial charge on any atom is 0.132 e. The van der Waals surface area contributed by atoms with Crippen molar-refractivity contribution >= 4 is 44.9 Å². The van der Waals surface area contributed by atoms with Gasteiger partial charge < -0.3 is 11.1 Å². The zero-order valence-electron chi connectivity index (χ0n) is 9.17. The van der Waals surface area contributed by atoms with Gasteiger partial charge >= 0.3 is 0 Å². The number of rotatable bonds is 2. The van der Waals surface area contributed by atoms with E-state index in [4.69, 9.17) is 17.3 Å². The first-order chi connectivity index (χ1) is 8.06. The minimum atomic E-state index is 0.476. The number of halogens is 2. The van der Waals surface area contributed by atoms with E-state index in [0.717, 1.165) is 15.7 Å². The van der Waals surface area contributed by atoms with E-state index in [1.54, 1.807) is 6.07 Å². The quantitative estimate of drug-likeness (QED) is 0.876. The Kier molecular flexibility index (Phi) is 3.54. The fourth-order valence-electron chi connectivity index (χ4n) is 1.40. The fourth-order valence-corrected chi connectivity index (χ4v) is 2.12. The lowest BCUT2D eigenvalue weighted by Crippen LogP contribution is -1.97. The molecule has 88 valence electrons. The summed E-state index contributed by atoms with van der Waals surface area (Å²) in [5.74, 6) is 1.16. The SMILES string of the molecule is Cc1cc(Br)c(Nc2cccc(N)n2)cc1Cl. The molecule has 5 heteroatoms. The number of anilines is 3. The van der Waals surface area contributed by atoms with E-state index in [-0.39, 0.29) is 0 Å². The van der Waals surface area contributed by atoms with Gasteiger partial charge in [-0.3, -0.25) is 0 Å². The van der Waals surface area contributed by atoms with Gasteiger partial charge in [-0.15, -0.1) is 0 Å². The summed E-state index contributed by atoms with van der Waals surface area (Å²) in [6, 6.07) is 9.23. The lowest BCUT2D eigenvalue weighted by Gasteiger charge is -2.10. The molecule has 2 rings (SSSR count). The number of nitrogens with one attached hydrogen (secondary N) is 1. The summed E-state index contributed by atoms with van der Waals surface area (Å²) in [5, 5.41) is 3.87. The third-order valence-corrected chi connectivity index (χ3v) is 3.34. The minimum Gasteiger partial charge on any atom is -0.384 e. The molecule has 0 spiro atoms. The van der Waals surface area contributed by atoms with Crippen LogP contribution in [0.5, 0.6) is 0 Å². The van der Waals surface area contributed by atoms with Crippen molar-refractivity contribution in [1.82, 2.24) is 4.98 Å². The van der Waals surface area contributed by atoms with Crippen molar-refractivity contribution in [3.63, 3.8) is 0 Å². The highest BCUT2D eigenvalue weighted by Gasteiger charge is 2.05. The molecule has 1 heterocycles. The molecule has 0 saturated heterocycles. The second kappa shape index (κ2) is 4.94. The summed E-state index contributed by atoms with van der Waals surface area (Å²) in [6.45, 7) is 1.95. The summed E-state index contributed by atoms with van der Waals surface area (Å²) in [4.78, 5) is 4.16. The number of nitrogens with two attached hydrogens (primary N) is 1. The van der Waals surface area contributed by atoms with Gasteiger partial charge in [0.1, 0.15) is 11.6 Å². The number of benzene rings is 1. The van der Waals surface area contributed by atoms with Gasteiger partial charge in [0.05, 0.1) is 5.69 Å². The zero-order valence-corrected chi connectivity index (χ0v) is 11.5. The summed E-state index contributed by atoms with van der Waals surface area (Å²) in [6.07, 6.45) is 0. The van der Waals surface area contributed by atoms with Gasteiger partial charge in [0, 0.05) is 9.50 Å². The van der Waals surface area contributed by atoms with Crippen LogP contribution in [0.15, 0.2) is 34.8 Å². The highest BCUT2D eigenvalue weighted by molar-refractivity contribution is 9.10. The van der Waals surface area contributed by atoms with Crippen molar-refractivity contribution in [1.29, 1.82) is 0 Å². The minimum absolute atomic E-state index is 0.476. The Hall–Kier alpha value is -1.26. The number of pyridine rings is 1. The lowest BCUT2D eigenvalue weighted by molar-refractivity contribution is 1.31. The second-order valence-electron chi connectivity index (χ2n) is 3.65. The highest BCUT2D eigenvalue weighted by atomic mass is 79.9. The number of aryl methyl sites for hydroxylation is 1. The van der Waals surface area contributed by atoms with Crippen LogP contribution in [0, 0.1) is 6.92 Å². The smallest absolute Gasteiger partial charge is 0.132 e.